The highest BCUT2D eigenvalue weighted by molar-refractivity contribution is 7.00. The summed E-state index contributed by atoms with van der Waals surface area (Å²) in [5.74, 6) is -3.17. The first-order chi connectivity index (χ1) is 18.6. The van der Waals surface area contributed by atoms with Gasteiger partial charge in [-0.05, 0) is 85.6 Å². The van der Waals surface area contributed by atoms with Crippen LogP contribution in [0, 0.1) is 13.8 Å². The third-order valence-electron chi connectivity index (χ3n) is 10.2. The molecule has 5 heteroatoms. The number of benzene rings is 3. The topological polar surface area (TPSA) is 6.48 Å². The van der Waals surface area contributed by atoms with Crippen molar-refractivity contribution in [3.05, 3.63) is 64.7 Å². The Kier molecular flexibility index (Phi) is 3.44. The molecule has 4 unspecified atom stereocenters. The number of hydrogen-bond acceptors (Lipinski definition) is 2. The molecule has 2 aliphatic carbocycles. The second kappa shape index (κ2) is 6.60. The zero-order valence-corrected chi connectivity index (χ0v) is 21.4. The maximum Gasteiger partial charge on any atom is 0.252 e. The molecule has 0 N–H and O–H groups in total. The largest absolute Gasteiger partial charge is 0.338 e. The van der Waals surface area contributed by atoms with E-state index in [2.05, 4.69) is 29.2 Å². The number of rotatable bonds is 0. The summed E-state index contributed by atoms with van der Waals surface area (Å²) < 4.78 is 54.4. The number of anilines is 4. The molecule has 2 nitrogen and oxygen atoms in total. The molecule has 3 aromatic carbocycles. The quantitative estimate of drug-likeness (QED) is 0.272. The van der Waals surface area contributed by atoms with Crippen molar-refractivity contribution in [1.82, 2.24) is 0 Å². The Hall–Kier alpha value is -2.82. The summed E-state index contributed by atoms with van der Waals surface area (Å²) in [6.07, 6.45) is 4.82. The molecule has 0 spiro atoms. The highest BCUT2D eigenvalue weighted by Gasteiger charge is 2.68. The minimum absolute atomic E-state index is 0.159. The molecule has 0 radical (unpaired) electrons. The zero-order chi connectivity index (χ0) is 26.7. The third kappa shape index (κ3) is 2.23. The molecule has 0 amide bonds. The van der Waals surface area contributed by atoms with Gasteiger partial charge in [0, 0.05) is 48.0 Å². The van der Waals surface area contributed by atoms with Crippen molar-refractivity contribution in [2.45, 2.75) is 88.6 Å². The first kappa shape index (κ1) is 19.3. The van der Waals surface area contributed by atoms with E-state index in [1.807, 2.05) is 32.0 Å². The molecule has 2 fully saturated rings. The lowest BCUT2D eigenvalue weighted by atomic mass is 9.33. The fourth-order valence-corrected chi connectivity index (χ4v) is 8.83. The first-order valence-corrected chi connectivity index (χ1v) is 14.1. The van der Waals surface area contributed by atoms with Crippen LogP contribution < -0.4 is 26.2 Å². The monoisotopic (exact) mass is 494 g/mol. The molecule has 0 bridgehead atoms. The van der Waals surface area contributed by atoms with Crippen LogP contribution in [0.2, 0.25) is 0 Å². The second-order valence-corrected chi connectivity index (χ2v) is 12.2. The molecule has 4 aliphatic heterocycles. The van der Waals surface area contributed by atoms with Gasteiger partial charge in [0.15, 0.2) is 5.67 Å². The van der Waals surface area contributed by atoms with Gasteiger partial charge >= 0.3 is 0 Å². The van der Waals surface area contributed by atoms with Crippen LogP contribution in [0.15, 0.2) is 42.5 Å². The van der Waals surface area contributed by atoms with Crippen LogP contribution in [-0.2, 0) is 5.67 Å². The summed E-state index contributed by atoms with van der Waals surface area (Å²) in [6.45, 7) is 3.82. The third-order valence-corrected chi connectivity index (χ3v) is 10.2. The number of alkyl halides is 2. The predicted octanol–water partition coefficient (Wildman–Crippen LogP) is 6.18. The molecule has 186 valence electrons. The van der Waals surface area contributed by atoms with Crippen LogP contribution in [0.4, 0.5) is 31.5 Å². The lowest BCUT2D eigenvalue weighted by Crippen LogP contribution is -2.64. The number of fused-ring (bicyclic) bond motifs is 10. The van der Waals surface area contributed by atoms with Crippen molar-refractivity contribution >= 4 is 45.9 Å². The Labute approximate surface area is 220 Å². The van der Waals surface area contributed by atoms with Gasteiger partial charge < -0.3 is 9.80 Å². The van der Waals surface area contributed by atoms with E-state index >= 15 is 8.78 Å². The molecular formula is C32H31BF2N2. The average molecular weight is 494 g/mol. The van der Waals surface area contributed by atoms with Crippen molar-refractivity contribution in [2.75, 3.05) is 9.80 Å². The van der Waals surface area contributed by atoms with E-state index in [0.717, 1.165) is 63.0 Å². The van der Waals surface area contributed by atoms with Gasteiger partial charge in [-0.15, -0.1) is 0 Å². The normalized spacial score (nSPS) is 36.3. The summed E-state index contributed by atoms with van der Waals surface area (Å²) in [5.41, 5.74) is 7.67. The molecule has 9 rings (SSSR count). The molecule has 4 heterocycles. The fourth-order valence-electron chi connectivity index (χ4n) is 8.83. The summed E-state index contributed by atoms with van der Waals surface area (Å²) in [4.78, 5) is 3.87. The Morgan fingerprint density at radius 2 is 1.68 bits per heavy atom. The predicted molar refractivity (Wildman–Crippen MR) is 148 cm³/mol. The lowest BCUT2D eigenvalue weighted by molar-refractivity contribution is -0.0615. The first-order valence-electron chi connectivity index (χ1n) is 15.1. The van der Waals surface area contributed by atoms with Crippen molar-refractivity contribution < 1.29 is 11.5 Å². The van der Waals surface area contributed by atoms with Gasteiger partial charge in [0.05, 0.1) is 1.37 Å². The van der Waals surface area contributed by atoms with Gasteiger partial charge in [-0.3, -0.25) is 0 Å². The lowest BCUT2D eigenvalue weighted by Gasteiger charge is -2.48. The minimum Gasteiger partial charge on any atom is -0.338 e. The Bertz CT molecular complexity index is 1640. The number of para-hydroxylation sites is 1. The minimum atomic E-state index is -2.14. The standard InChI is InChI=1S/C32H31BF2N2/c1-18-14-22-30-24(15-18)33-23-10-7-9-21-20-8-3-4-11-25(20)36(29(21)23)26-16-19(2)17-27(28(26)33)37(30)32(35)13-6-5-12-31(22,32)34/h7,9-10,14-17,20,25H,3-6,8,11-13H2,1-2H3/i20D,25D. The van der Waals surface area contributed by atoms with Crippen LogP contribution >= 0.6 is 0 Å². The summed E-state index contributed by atoms with van der Waals surface area (Å²) in [5, 5.41) is 0. The van der Waals surface area contributed by atoms with Gasteiger partial charge in [-0.2, -0.15) is 0 Å². The van der Waals surface area contributed by atoms with E-state index in [0.29, 0.717) is 36.9 Å². The van der Waals surface area contributed by atoms with Gasteiger partial charge in [0.1, 0.15) is 0 Å². The highest BCUT2D eigenvalue weighted by Crippen LogP contribution is 2.64. The Balaban J connectivity index is 1.44. The smallest absolute Gasteiger partial charge is 0.252 e. The zero-order valence-electron chi connectivity index (χ0n) is 23.4. The van der Waals surface area contributed by atoms with Crippen LogP contribution in [0.25, 0.3) is 0 Å². The molecule has 0 aromatic heterocycles. The van der Waals surface area contributed by atoms with E-state index in [-0.39, 0.29) is 19.6 Å². The molecule has 4 atom stereocenters. The van der Waals surface area contributed by atoms with E-state index in [1.165, 1.54) is 0 Å². The fraction of sp³-hybridized carbons (Fsp3) is 0.438. The van der Waals surface area contributed by atoms with E-state index in [9.17, 15) is 2.74 Å². The summed E-state index contributed by atoms with van der Waals surface area (Å²) in [6, 6.07) is 13.3. The molecular weight excluding hydrogens is 461 g/mol. The van der Waals surface area contributed by atoms with E-state index < -0.39 is 23.4 Å². The number of hydrogen-bond donors (Lipinski definition) is 0. The van der Waals surface area contributed by atoms with Crippen LogP contribution in [0.5, 0.6) is 0 Å². The maximum atomic E-state index is 17.5. The van der Waals surface area contributed by atoms with Crippen LogP contribution in [-0.4, -0.2) is 18.5 Å². The average Bonchev–Trinajstić information content (AvgIpc) is 3.25. The molecule has 37 heavy (non-hydrogen) atoms. The van der Waals surface area contributed by atoms with E-state index in [4.69, 9.17) is 0 Å². The van der Waals surface area contributed by atoms with Gasteiger partial charge in [-0.25, -0.2) is 8.78 Å². The van der Waals surface area contributed by atoms with Gasteiger partial charge in [0.2, 0.25) is 5.79 Å². The number of aryl methyl sites for hydroxylation is 2. The summed E-state index contributed by atoms with van der Waals surface area (Å²) >= 11 is 0. The van der Waals surface area contributed by atoms with Crippen molar-refractivity contribution in [2.24, 2.45) is 0 Å². The van der Waals surface area contributed by atoms with Crippen LogP contribution in [0.3, 0.4) is 0 Å². The molecule has 3 aromatic rings. The Morgan fingerprint density at radius 3 is 2.57 bits per heavy atom. The SMILES string of the molecule is [2H]C12CCCCC1([2H])N1c3cc(C)cc4c3B(c3cccc2c31)c1cc(C)cc2c1N4C1(F)CCCCC21F. The van der Waals surface area contributed by atoms with E-state index in [1.54, 1.807) is 4.90 Å². The molecule has 2 saturated carbocycles. The van der Waals surface area contributed by atoms with Crippen molar-refractivity contribution in [3.63, 3.8) is 0 Å². The van der Waals surface area contributed by atoms with Gasteiger partial charge in [-0.1, -0.05) is 48.7 Å². The summed E-state index contributed by atoms with van der Waals surface area (Å²) in [7, 11) is 0. The Morgan fingerprint density at radius 1 is 0.892 bits per heavy atom. The number of halogens is 2. The number of nitrogens with zero attached hydrogens (tertiary/aromatic N) is 2. The highest BCUT2D eigenvalue weighted by atomic mass is 19.2. The second-order valence-electron chi connectivity index (χ2n) is 12.2. The van der Waals surface area contributed by atoms with Crippen molar-refractivity contribution in [1.29, 1.82) is 0 Å². The molecule has 0 saturated heterocycles. The van der Waals surface area contributed by atoms with Gasteiger partial charge in [0.25, 0.3) is 6.71 Å². The van der Waals surface area contributed by atoms with Crippen molar-refractivity contribution in [3.8, 4) is 0 Å². The van der Waals surface area contributed by atoms with Crippen LogP contribution in [0.1, 0.15) is 82.3 Å². The molecule has 6 aliphatic rings. The maximum absolute atomic E-state index is 17.5.